The van der Waals surface area contributed by atoms with Crippen molar-refractivity contribution in [3.05, 3.63) is 21.4 Å². The topological polar surface area (TPSA) is 54.9 Å². The van der Waals surface area contributed by atoms with E-state index in [-0.39, 0.29) is 12.1 Å². The van der Waals surface area contributed by atoms with Crippen molar-refractivity contribution in [1.29, 1.82) is 0 Å². The Labute approximate surface area is 155 Å². The number of halogens is 2. The standard InChI is InChI=1S/C16H21BrClN3O3/c1-16(2,3)24-15(22)21-5-4-20-8-12-14(23-9-10(20)7-21)13(18)11(17)6-19-12/h6,10H,4-5,7-9H2,1-3H3/t10-/m1/s1. The fourth-order valence-corrected chi connectivity index (χ4v) is 3.36. The lowest BCUT2D eigenvalue weighted by atomic mass is 10.1. The highest BCUT2D eigenvalue weighted by atomic mass is 79.9. The summed E-state index contributed by atoms with van der Waals surface area (Å²) in [5, 5.41) is 0.545. The Morgan fingerprint density at radius 1 is 1.46 bits per heavy atom. The zero-order valence-electron chi connectivity index (χ0n) is 14.0. The minimum Gasteiger partial charge on any atom is -0.488 e. The van der Waals surface area contributed by atoms with Crippen molar-refractivity contribution in [2.45, 2.75) is 39.0 Å². The lowest BCUT2D eigenvalue weighted by molar-refractivity contribution is -0.00164. The smallest absolute Gasteiger partial charge is 0.410 e. The fraction of sp³-hybridized carbons (Fsp3) is 0.625. The molecule has 0 aromatic carbocycles. The Hall–Kier alpha value is -1.05. The predicted molar refractivity (Wildman–Crippen MR) is 94.4 cm³/mol. The van der Waals surface area contributed by atoms with Crippen molar-refractivity contribution in [1.82, 2.24) is 14.8 Å². The summed E-state index contributed by atoms with van der Waals surface area (Å²) in [7, 11) is 0. The van der Waals surface area contributed by atoms with Crippen molar-refractivity contribution in [3.63, 3.8) is 0 Å². The van der Waals surface area contributed by atoms with Gasteiger partial charge in [0.05, 0.1) is 16.2 Å². The van der Waals surface area contributed by atoms with Gasteiger partial charge in [0.1, 0.15) is 17.2 Å². The third-order valence-electron chi connectivity index (χ3n) is 4.03. The number of carbonyl (C=O) groups is 1. The van der Waals surface area contributed by atoms with Gasteiger partial charge in [0.2, 0.25) is 0 Å². The first-order valence-electron chi connectivity index (χ1n) is 7.92. The maximum absolute atomic E-state index is 12.3. The Morgan fingerprint density at radius 3 is 2.92 bits per heavy atom. The van der Waals surface area contributed by atoms with Crippen LogP contribution in [0.15, 0.2) is 10.7 Å². The van der Waals surface area contributed by atoms with E-state index in [2.05, 4.69) is 25.8 Å². The summed E-state index contributed by atoms with van der Waals surface area (Å²) in [6, 6.07) is 0.0929. The summed E-state index contributed by atoms with van der Waals surface area (Å²) in [6.07, 6.45) is 1.42. The molecule has 1 aromatic rings. The molecule has 0 unspecified atom stereocenters. The molecule has 132 valence electrons. The van der Waals surface area contributed by atoms with E-state index in [9.17, 15) is 4.79 Å². The molecule has 0 radical (unpaired) electrons. The van der Waals surface area contributed by atoms with Crippen LogP contribution in [0.25, 0.3) is 0 Å². The first kappa shape index (κ1) is 17.8. The average Bonchev–Trinajstić information content (AvgIpc) is 2.68. The molecule has 0 spiro atoms. The monoisotopic (exact) mass is 417 g/mol. The zero-order chi connectivity index (χ0) is 17.5. The predicted octanol–water partition coefficient (Wildman–Crippen LogP) is 3.31. The first-order chi connectivity index (χ1) is 11.2. The number of hydrogen-bond donors (Lipinski definition) is 0. The Balaban J connectivity index is 1.72. The molecule has 1 saturated heterocycles. The largest absolute Gasteiger partial charge is 0.488 e. The van der Waals surface area contributed by atoms with Crippen molar-refractivity contribution in [2.75, 3.05) is 26.2 Å². The van der Waals surface area contributed by atoms with Gasteiger partial charge in [-0.2, -0.15) is 0 Å². The number of nitrogens with zero attached hydrogens (tertiary/aromatic N) is 3. The Kier molecular flexibility index (Phi) is 4.95. The van der Waals surface area contributed by atoms with Crippen molar-refractivity contribution < 1.29 is 14.3 Å². The maximum Gasteiger partial charge on any atom is 0.410 e. The molecule has 1 atom stereocenters. The third-order valence-corrected chi connectivity index (χ3v) is 5.24. The maximum atomic E-state index is 12.3. The van der Waals surface area contributed by atoms with Gasteiger partial charge in [-0.15, -0.1) is 0 Å². The Morgan fingerprint density at radius 2 is 2.21 bits per heavy atom. The Bertz CT molecular complexity index is 650. The van der Waals surface area contributed by atoms with Crippen LogP contribution in [-0.4, -0.2) is 58.8 Å². The summed E-state index contributed by atoms with van der Waals surface area (Å²) < 4.78 is 12.1. The summed E-state index contributed by atoms with van der Waals surface area (Å²) in [4.78, 5) is 20.8. The molecule has 1 amide bonds. The van der Waals surface area contributed by atoms with Crippen LogP contribution >= 0.6 is 27.5 Å². The summed E-state index contributed by atoms with van der Waals surface area (Å²) in [5.41, 5.74) is 0.338. The van der Waals surface area contributed by atoms with E-state index >= 15 is 0 Å². The molecule has 2 aliphatic heterocycles. The zero-order valence-corrected chi connectivity index (χ0v) is 16.4. The van der Waals surface area contributed by atoms with Gasteiger partial charge in [-0.3, -0.25) is 9.88 Å². The number of hydrogen-bond acceptors (Lipinski definition) is 5. The average molecular weight is 419 g/mol. The molecule has 0 N–H and O–H groups in total. The number of piperazine rings is 1. The van der Waals surface area contributed by atoms with Crippen LogP contribution in [0, 0.1) is 0 Å². The summed E-state index contributed by atoms with van der Waals surface area (Å²) in [5.74, 6) is 0.629. The van der Waals surface area contributed by atoms with Crippen LogP contribution < -0.4 is 4.74 Å². The summed E-state index contributed by atoms with van der Waals surface area (Å²) in [6.45, 7) is 8.70. The van der Waals surface area contributed by atoms with E-state index in [4.69, 9.17) is 21.1 Å². The van der Waals surface area contributed by atoms with Crippen molar-refractivity contribution in [2.24, 2.45) is 0 Å². The molecule has 0 saturated carbocycles. The number of ether oxygens (including phenoxy) is 2. The molecule has 2 aliphatic rings. The second kappa shape index (κ2) is 6.69. The molecule has 6 nitrogen and oxygen atoms in total. The second-order valence-electron chi connectivity index (χ2n) is 7.06. The highest BCUT2D eigenvalue weighted by Gasteiger charge is 2.35. The number of carbonyl (C=O) groups excluding carboxylic acids is 1. The van der Waals surface area contributed by atoms with E-state index in [1.54, 1.807) is 11.1 Å². The number of pyridine rings is 1. The number of rotatable bonds is 0. The molecular weight excluding hydrogens is 398 g/mol. The SMILES string of the molecule is CC(C)(C)OC(=O)N1CCN2Cc3ncc(Br)c(Cl)c3OC[C@H]2C1. The normalized spacial score (nSPS) is 21.4. The van der Waals surface area contributed by atoms with Gasteiger partial charge in [-0.25, -0.2) is 4.79 Å². The fourth-order valence-electron chi connectivity index (χ4n) is 2.87. The highest BCUT2D eigenvalue weighted by Crippen LogP contribution is 2.36. The lowest BCUT2D eigenvalue weighted by Crippen LogP contribution is -2.56. The molecular formula is C16H21BrClN3O3. The van der Waals surface area contributed by atoms with Crippen LogP contribution in [0.5, 0.6) is 5.75 Å². The number of aromatic nitrogens is 1. The van der Waals surface area contributed by atoms with Crippen LogP contribution in [-0.2, 0) is 11.3 Å². The number of fused-ring (bicyclic) bond motifs is 2. The van der Waals surface area contributed by atoms with E-state index in [1.807, 2.05) is 20.8 Å². The van der Waals surface area contributed by atoms with Crippen LogP contribution in [0.4, 0.5) is 4.79 Å². The minimum absolute atomic E-state index is 0.0929. The third kappa shape index (κ3) is 3.78. The van der Waals surface area contributed by atoms with Gasteiger partial charge in [-0.05, 0) is 36.7 Å². The number of amides is 1. The van der Waals surface area contributed by atoms with Gasteiger partial charge < -0.3 is 14.4 Å². The van der Waals surface area contributed by atoms with Gasteiger partial charge in [0.15, 0.2) is 5.75 Å². The minimum atomic E-state index is -0.492. The first-order valence-corrected chi connectivity index (χ1v) is 9.09. The molecule has 24 heavy (non-hydrogen) atoms. The van der Waals surface area contributed by atoms with Gasteiger partial charge >= 0.3 is 6.09 Å². The molecule has 1 fully saturated rings. The molecule has 3 heterocycles. The summed E-state index contributed by atoms with van der Waals surface area (Å²) >= 11 is 9.69. The van der Waals surface area contributed by atoms with Gasteiger partial charge in [0, 0.05) is 32.4 Å². The second-order valence-corrected chi connectivity index (χ2v) is 8.29. The van der Waals surface area contributed by atoms with Crippen LogP contribution in [0.3, 0.4) is 0 Å². The molecule has 3 rings (SSSR count). The molecule has 1 aromatic heterocycles. The van der Waals surface area contributed by atoms with Crippen molar-refractivity contribution >= 4 is 33.6 Å². The quantitative estimate of drug-likeness (QED) is 0.647. The van der Waals surface area contributed by atoms with E-state index in [0.29, 0.717) is 37.0 Å². The molecule has 0 aliphatic carbocycles. The van der Waals surface area contributed by atoms with Gasteiger partial charge in [0.25, 0.3) is 0 Å². The van der Waals surface area contributed by atoms with Crippen LogP contribution in [0.2, 0.25) is 5.02 Å². The van der Waals surface area contributed by atoms with E-state index in [1.165, 1.54) is 0 Å². The molecule has 0 bridgehead atoms. The van der Waals surface area contributed by atoms with E-state index < -0.39 is 5.60 Å². The highest BCUT2D eigenvalue weighted by molar-refractivity contribution is 9.10. The lowest BCUT2D eigenvalue weighted by Gasteiger charge is -2.40. The van der Waals surface area contributed by atoms with Crippen molar-refractivity contribution in [3.8, 4) is 5.75 Å². The van der Waals surface area contributed by atoms with Crippen LogP contribution in [0.1, 0.15) is 26.5 Å². The van der Waals surface area contributed by atoms with E-state index in [0.717, 1.165) is 16.7 Å². The molecule has 8 heteroatoms. The van der Waals surface area contributed by atoms with Gasteiger partial charge in [-0.1, -0.05) is 11.6 Å².